The molecule has 1 fully saturated rings. The first-order valence-corrected chi connectivity index (χ1v) is 7.49. The Bertz CT molecular complexity index is 390. The minimum absolute atomic E-state index is 0.0985. The lowest BCUT2D eigenvalue weighted by atomic mass is 10.1. The minimum atomic E-state index is -0.596. The van der Waals surface area contributed by atoms with Crippen molar-refractivity contribution in [2.45, 2.75) is 51.9 Å². The molecule has 2 rings (SSSR count). The number of hydrogen-bond acceptors (Lipinski definition) is 3. The Morgan fingerprint density at radius 1 is 1.56 bits per heavy atom. The number of halogens is 1. The van der Waals surface area contributed by atoms with E-state index in [4.69, 9.17) is 4.74 Å². The molecule has 1 N–H and O–H groups in total. The van der Waals surface area contributed by atoms with Crippen LogP contribution in [-0.2, 0) is 11.3 Å². The van der Waals surface area contributed by atoms with Gasteiger partial charge >= 0.3 is 0 Å². The molecule has 4 nitrogen and oxygen atoms in total. The molecule has 0 bridgehead atoms. The third-order valence-electron chi connectivity index (χ3n) is 3.31. The van der Waals surface area contributed by atoms with E-state index >= 15 is 0 Å². The molecule has 1 saturated carbocycles. The fourth-order valence-corrected chi connectivity index (χ4v) is 2.84. The number of aliphatic hydroxyl groups is 1. The van der Waals surface area contributed by atoms with Crippen molar-refractivity contribution in [1.29, 1.82) is 0 Å². The predicted octanol–water partition coefficient (Wildman–Crippen LogP) is 2.90. The van der Waals surface area contributed by atoms with Crippen LogP contribution in [0.15, 0.2) is 10.7 Å². The van der Waals surface area contributed by atoms with Gasteiger partial charge in [0.15, 0.2) is 0 Å². The number of aromatic nitrogens is 2. The van der Waals surface area contributed by atoms with Gasteiger partial charge in [0.2, 0.25) is 0 Å². The molecule has 0 spiro atoms. The first-order chi connectivity index (χ1) is 8.69. The van der Waals surface area contributed by atoms with Crippen LogP contribution in [0, 0.1) is 5.92 Å². The van der Waals surface area contributed by atoms with E-state index in [1.165, 1.54) is 0 Å². The SMILES string of the molecule is CCCn1ncc(Br)c1C(O)C(OCC)C1CC1. The molecule has 2 atom stereocenters. The lowest BCUT2D eigenvalue weighted by molar-refractivity contribution is -0.0499. The largest absolute Gasteiger partial charge is 0.384 e. The summed E-state index contributed by atoms with van der Waals surface area (Å²) < 4.78 is 8.48. The van der Waals surface area contributed by atoms with Gasteiger partial charge in [-0.2, -0.15) is 5.10 Å². The van der Waals surface area contributed by atoms with Gasteiger partial charge in [-0.25, -0.2) is 0 Å². The standard InChI is InChI=1S/C13H21BrN2O2/c1-3-7-16-11(10(14)8-15-16)12(17)13(18-4-2)9-5-6-9/h8-9,12-13,17H,3-7H2,1-2H3. The summed E-state index contributed by atoms with van der Waals surface area (Å²) in [6.45, 7) is 5.53. The van der Waals surface area contributed by atoms with E-state index in [-0.39, 0.29) is 6.10 Å². The zero-order valence-electron chi connectivity index (χ0n) is 11.0. The first kappa shape index (κ1) is 14.0. The van der Waals surface area contributed by atoms with Crippen molar-refractivity contribution in [1.82, 2.24) is 9.78 Å². The fraction of sp³-hybridized carbons (Fsp3) is 0.769. The van der Waals surface area contributed by atoms with Crippen LogP contribution in [0.4, 0.5) is 0 Å². The van der Waals surface area contributed by atoms with Crippen LogP contribution in [0.2, 0.25) is 0 Å². The molecule has 0 saturated heterocycles. The van der Waals surface area contributed by atoms with Crippen molar-refractivity contribution in [2.75, 3.05) is 6.61 Å². The first-order valence-electron chi connectivity index (χ1n) is 6.69. The highest BCUT2D eigenvalue weighted by molar-refractivity contribution is 9.10. The number of aryl methyl sites for hydroxylation is 1. The smallest absolute Gasteiger partial charge is 0.123 e. The Morgan fingerprint density at radius 3 is 2.83 bits per heavy atom. The van der Waals surface area contributed by atoms with Crippen LogP contribution in [0.25, 0.3) is 0 Å². The Kier molecular flexibility index (Phi) is 4.81. The van der Waals surface area contributed by atoms with E-state index < -0.39 is 6.10 Å². The van der Waals surface area contributed by atoms with Crippen molar-refractivity contribution in [3.05, 3.63) is 16.4 Å². The molecular formula is C13H21BrN2O2. The molecule has 2 unspecified atom stereocenters. The number of ether oxygens (including phenoxy) is 1. The Morgan fingerprint density at radius 2 is 2.28 bits per heavy atom. The molecule has 1 heterocycles. The molecule has 5 heteroatoms. The van der Waals surface area contributed by atoms with Crippen molar-refractivity contribution in [3.63, 3.8) is 0 Å². The third-order valence-corrected chi connectivity index (χ3v) is 3.92. The molecule has 0 aliphatic heterocycles. The summed E-state index contributed by atoms with van der Waals surface area (Å²) in [6, 6.07) is 0. The quantitative estimate of drug-likeness (QED) is 0.841. The van der Waals surface area contributed by atoms with Gasteiger partial charge in [-0.15, -0.1) is 0 Å². The Balaban J connectivity index is 2.19. The summed E-state index contributed by atoms with van der Waals surface area (Å²) >= 11 is 3.48. The number of rotatable bonds is 7. The van der Waals surface area contributed by atoms with Crippen molar-refractivity contribution in [2.24, 2.45) is 5.92 Å². The highest BCUT2D eigenvalue weighted by Gasteiger charge is 2.39. The van der Waals surface area contributed by atoms with Gasteiger partial charge in [0.25, 0.3) is 0 Å². The van der Waals surface area contributed by atoms with E-state index in [9.17, 15) is 5.11 Å². The zero-order valence-corrected chi connectivity index (χ0v) is 12.6. The molecule has 102 valence electrons. The van der Waals surface area contributed by atoms with Crippen LogP contribution in [-0.4, -0.2) is 27.6 Å². The van der Waals surface area contributed by atoms with Gasteiger partial charge in [0.1, 0.15) is 6.10 Å². The monoisotopic (exact) mass is 316 g/mol. The van der Waals surface area contributed by atoms with E-state index in [1.54, 1.807) is 6.20 Å². The molecule has 1 aliphatic rings. The molecule has 0 aromatic carbocycles. The topological polar surface area (TPSA) is 47.3 Å². The van der Waals surface area contributed by atoms with E-state index in [0.717, 1.165) is 36.0 Å². The van der Waals surface area contributed by atoms with Crippen LogP contribution >= 0.6 is 15.9 Å². The summed E-state index contributed by atoms with van der Waals surface area (Å²) in [6.07, 6.45) is 4.36. The van der Waals surface area contributed by atoms with Crippen LogP contribution in [0.5, 0.6) is 0 Å². The average Bonchev–Trinajstić information content (AvgIpc) is 3.11. The molecule has 1 aromatic heterocycles. The van der Waals surface area contributed by atoms with E-state index in [1.807, 2.05) is 11.6 Å². The van der Waals surface area contributed by atoms with Crippen molar-refractivity contribution < 1.29 is 9.84 Å². The second-order valence-electron chi connectivity index (χ2n) is 4.80. The van der Waals surface area contributed by atoms with Crippen LogP contribution < -0.4 is 0 Å². The van der Waals surface area contributed by atoms with Gasteiger partial charge in [-0.3, -0.25) is 4.68 Å². The molecule has 18 heavy (non-hydrogen) atoms. The van der Waals surface area contributed by atoms with Gasteiger partial charge < -0.3 is 9.84 Å². The fourth-order valence-electron chi connectivity index (χ4n) is 2.31. The maximum atomic E-state index is 10.6. The van der Waals surface area contributed by atoms with Gasteiger partial charge in [0.05, 0.1) is 22.5 Å². The molecule has 0 radical (unpaired) electrons. The minimum Gasteiger partial charge on any atom is -0.384 e. The summed E-state index contributed by atoms with van der Waals surface area (Å²) in [5.74, 6) is 0.497. The van der Waals surface area contributed by atoms with Gasteiger partial charge in [-0.05, 0) is 48.0 Å². The summed E-state index contributed by atoms with van der Waals surface area (Å²) in [5.41, 5.74) is 0.849. The second kappa shape index (κ2) is 6.17. The van der Waals surface area contributed by atoms with E-state index in [2.05, 4.69) is 28.0 Å². The lowest BCUT2D eigenvalue weighted by Crippen LogP contribution is -2.27. The Labute approximate surface area is 116 Å². The zero-order chi connectivity index (χ0) is 13.1. The third kappa shape index (κ3) is 2.95. The normalized spacial score (nSPS) is 18.9. The summed E-state index contributed by atoms with van der Waals surface area (Å²) in [5, 5.41) is 14.9. The van der Waals surface area contributed by atoms with Gasteiger partial charge in [0, 0.05) is 13.2 Å². The average molecular weight is 317 g/mol. The lowest BCUT2D eigenvalue weighted by Gasteiger charge is -2.24. The highest BCUT2D eigenvalue weighted by Crippen LogP contribution is 2.41. The summed E-state index contributed by atoms with van der Waals surface area (Å²) in [4.78, 5) is 0. The van der Waals surface area contributed by atoms with Crippen LogP contribution in [0.3, 0.4) is 0 Å². The molecule has 1 aliphatic carbocycles. The predicted molar refractivity (Wildman–Crippen MR) is 73.3 cm³/mol. The number of aliphatic hydroxyl groups excluding tert-OH is 1. The van der Waals surface area contributed by atoms with E-state index in [0.29, 0.717) is 12.5 Å². The maximum absolute atomic E-state index is 10.6. The molecule has 0 amide bonds. The summed E-state index contributed by atoms with van der Waals surface area (Å²) in [7, 11) is 0. The maximum Gasteiger partial charge on any atom is 0.123 e. The molecule has 1 aromatic rings. The van der Waals surface area contributed by atoms with Gasteiger partial charge in [-0.1, -0.05) is 6.92 Å². The highest BCUT2D eigenvalue weighted by atomic mass is 79.9. The Hall–Kier alpha value is -0.390. The number of hydrogen-bond donors (Lipinski definition) is 1. The van der Waals surface area contributed by atoms with Crippen LogP contribution in [0.1, 0.15) is 44.9 Å². The van der Waals surface area contributed by atoms with Crippen molar-refractivity contribution >= 4 is 15.9 Å². The number of nitrogens with zero attached hydrogens (tertiary/aromatic N) is 2. The second-order valence-corrected chi connectivity index (χ2v) is 5.66. The molecular weight excluding hydrogens is 296 g/mol. The van der Waals surface area contributed by atoms with Crippen molar-refractivity contribution in [3.8, 4) is 0 Å².